The van der Waals surface area contributed by atoms with Crippen LogP contribution in [0.15, 0.2) is 60.7 Å². The van der Waals surface area contributed by atoms with Gasteiger partial charge in [0.15, 0.2) is 0 Å². The predicted octanol–water partition coefficient (Wildman–Crippen LogP) is 6.71. The van der Waals surface area contributed by atoms with Crippen LogP contribution in [0.2, 0.25) is 0 Å². The summed E-state index contributed by atoms with van der Waals surface area (Å²) in [6, 6.07) is 14.3. The van der Waals surface area contributed by atoms with Crippen LogP contribution in [0.1, 0.15) is 5.56 Å². The molecular formula is C20H11F6O2. The third-order valence-electron chi connectivity index (χ3n) is 3.60. The van der Waals surface area contributed by atoms with Crippen LogP contribution >= 0.6 is 0 Å². The first kappa shape index (κ1) is 19.6. The molecule has 0 fully saturated rings. The third kappa shape index (κ3) is 4.76. The molecule has 28 heavy (non-hydrogen) atoms. The molecule has 0 bridgehead atoms. The molecule has 0 atom stereocenters. The van der Waals surface area contributed by atoms with Crippen molar-refractivity contribution in [3.8, 4) is 28.4 Å². The predicted molar refractivity (Wildman–Crippen MR) is 88.8 cm³/mol. The van der Waals surface area contributed by atoms with E-state index in [9.17, 15) is 26.3 Å². The van der Waals surface area contributed by atoms with Gasteiger partial charge in [0.05, 0.1) is 5.56 Å². The van der Waals surface area contributed by atoms with Crippen LogP contribution in [0.25, 0.3) is 11.1 Å². The zero-order valence-electron chi connectivity index (χ0n) is 13.9. The Hall–Kier alpha value is -3.16. The molecule has 0 spiro atoms. The SMILES string of the molecule is Fc1[c]c(-c2cccc(Oc3cccc(OC(F)F)c3)c2)c(C(F)(F)F)cc1. The second-order valence-corrected chi connectivity index (χ2v) is 5.58. The molecule has 0 saturated heterocycles. The number of halogens is 6. The van der Waals surface area contributed by atoms with Gasteiger partial charge in [-0.3, -0.25) is 0 Å². The molecule has 8 heteroatoms. The summed E-state index contributed by atoms with van der Waals surface area (Å²) in [6.07, 6.45) is -4.70. The first-order valence-corrected chi connectivity index (χ1v) is 7.84. The minimum atomic E-state index is -4.70. The van der Waals surface area contributed by atoms with Gasteiger partial charge in [-0.1, -0.05) is 18.2 Å². The quantitative estimate of drug-likeness (QED) is 0.446. The minimum absolute atomic E-state index is 0.0318. The molecule has 0 aliphatic rings. The van der Waals surface area contributed by atoms with E-state index in [1.54, 1.807) is 0 Å². The Morgan fingerprint density at radius 2 is 1.46 bits per heavy atom. The summed E-state index contributed by atoms with van der Waals surface area (Å²) in [5, 5.41) is 0. The van der Waals surface area contributed by atoms with Crippen molar-refractivity contribution in [3.63, 3.8) is 0 Å². The van der Waals surface area contributed by atoms with E-state index in [-0.39, 0.29) is 22.8 Å². The summed E-state index contributed by atoms with van der Waals surface area (Å²) in [6.45, 7) is -3.01. The maximum absolute atomic E-state index is 13.5. The van der Waals surface area contributed by atoms with Crippen LogP contribution in [-0.4, -0.2) is 6.61 Å². The molecule has 1 radical (unpaired) electrons. The fourth-order valence-electron chi connectivity index (χ4n) is 2.50. The zero-order valence-corrected chi connectivity index (χ0v) is 13.9. The average molecular weight is 397 g/mol. The average Bonchev–Trinajstić information content (AvgIpc) is 2.60. The van der Waals surface area contributed by atoms with Crippen LogP contribution in [0, 0.1) is 11.9 Å². The van der Waals surface area contributed by atoms with Gasteiger partial charge in [0.2, 0.25) is 0 Å². The number of hydrogen-bond donors (Lipinski definition) is 0. The topological polar surface area (TPSA) is 18.5 Å². The third-order valence-corrected chi connectivity index (χ3v) is 3.60. The molecule has 0 saturated carbocycles. The van der Waals surface area contributed by atoms with Crippen LogP contribution in [0.5, 0.6) is 17.2 Å². The molecule has 0 N–H and O–H groups in total. The maximum Gasteiger partial charge on any atom is 0.417 e. The van der Waals surface area contributed by atoms with Gasteiger partial charge < -0.3 is 9.47 Å². The number of hydrogen-bond acceptors (Lipinski definition) is 2. The molecule has 0 unspecified atom stereocenters. The first-order chi connectivity index (χ1) is 13.2. The summed E-state index contributed by atoms with van der Waals surface area (Å²) in [7, 11) is 0. The molecule has 0 aromatic heterocycles. The van der Waals surface area contributed by atoms with Gasteiger partial charge in [-0.2, -0.15) is 22.0 Å². The van der Waals surface area contributed by atoms with Gasteiger partial charge in [0, 0.05) is 17.7 Å². The van der Waals surface area contributed by atoms with Crippen molar-refractivity contribution in [3.05, 3.63) is 78.1 Å². The van der Waals surface area contributed by atoms with E-state index in [0.717, 1.165) is 0 Å². The zero-order chi connectivity index (χ0) is 20.3. The van der Waals surface area contributed by atoms with Gasteiger partial charge in [0.1, 0.15) is 23.1 Å². The van der Waals surface area contributed by atoms with Gasteiger partial charge in [0.25, 0.3) is 0 Å². The Balaban J connectivity index is 1.93. The van der Waals surface area contributed by atoms with E-state index in [4.69, 9.17) is 4.74 Å². The van der Waals surface area contributed by atoms with Gasteiger partial charge in [-0.25, -0.2) is 4.39 Å². The van der Waals surface area contributed by atoms with Crippen molar-refractivity contribution in [1.29, 1.82) is 0 Å². The fourth-order valence-corrected chi connectivity index (χ4v) is 2.50. The summed E-state index contributed by atoms with van der Waals surface area (Å²) >= 11 is 0. The van der Waals surface area contributed by atoms with Crippen molar-refractivity contribution in [1.82, 2.24) is 0 Å². The Kier molecular flexibility index (Phi) is 5.48. The number of rotatable bonds is 5. The van der Waals surface area contributed by atoms with Crippen molar-refractivity contribution < 1.29 is 35.8 Å². The standard InChI is InChI=1S/C20H11F6O2/c21-13-7-8-18(20(24,25)26)17(10-13)12-3-1-4-14(9-12)27-15-5-2-6-16(11-15)28-19(22)23/h1-9,11,19H. The fraction of sp³-hybridized carbons (Fsp3) is 0.100. The number of alkyl halides is 5. The van der Waals surface area contributed by atoms with E-state index in [1.807, 2.05) is 0 Å². The van der Waals surface area contributed by atoms with E-state index in [2.05, 4.69) is 10.8 Å². The highest BCUT2D eigenvalue weighted by Crippen LogP contribution is 2.38. The Bertz CT molecular complexity index is 969. The molecule has 0 amide bonds. The molecule has 0 heterocycles. The van der Waals surface area contributed by atoms with E-state index in [1.165, 1.54) is 48.5 Å². The maximum atomic E-state index is 13.5. The second kappa shape index (κ2) is 7.84. The second-order valence-electron chi connectivity index (χ2n) is 5.58. The largest absolute Gasteiger partial charge is 0.457 e. The van der Waals surface area contributed by atoms with Crippen LogP contribution in [0.4, 0.5) is 26.3 Å². The van der Waals surface area contributed by atoms with Crippen LogP contribution in [-0.2, 0) is 6.18 Å². The smallest absolute Gasteiger partial charge is 0.417 e. The molecule has 3 aromatic rings. The highest BCUT2D eigenvalue weighted by molar-refractivity contribution is 5.69. The first-order valence-electron chi connectivity index (χ1n) is 7.84. The Labute approximate surface area is 155 Å². The minimum Gasteiger partial charge on any atom is -0.457 e. The summed E-state index contributed by atoms with van der Waals surface area (Å²) in [4.78, 5) is 0. The van der Waals surface area contributed by atoms with Crippen LogP contribution < -0.4 is 9.47 Å². The van der Waals surface area contributed by atoms with Gasteiger partial charge >= 0.3 is 12.8 Å². The van der Waals surface area contributed by atoms with Crippen LogP contribution in [0.3, 0.4) is 0 Å². The highest BCUT2D eigenvalue weighted by Gasteiger charge is 2.34. The lowest BCUT2D eigenvalue weighted by atomic mass is 9.99. The van der Waals surface area contributed by atoms with Crippen molar-refractivity contribution >= 4 is 0 Å². The molecule has 145 valence electrons. The normalized spacial score (nSPS) is 11.5. The van der Waals surface area contributed by atoms with E-state index < -0.39 is 29.7 Å². The molecule has 0 aliphatic carbocycles. The summed E-state index contributed by atoms with van der Waals surface area (Å²) in [5.74, 6) is -0.820. The summed E-state index contributed by atoms with van der Waals surface area (Å²) in [5.41, 5.74) is -1.48. The Morgan fingerprint density at radius 3 is 2.14 bits per heavy atom. The molecular weight excluding hydrogens is 386 g/mol. The number of benzene rings is 3. The summed E-state index contributed by atoms with van der Waals surface area (Å²) < 4.78 is 87.5. The van der Waals surface area contributed by atoms with Gasteiger partial charge in [-0.15, -0.1) is 0 Å². The molecule has 3 rings (SSSR count). The lowest BCUT2D eigenvalue weighted by molar-refractivity contribution is -0.137. The lowest BCUT2D eigenvalue weighted by Crippen LogP contribution is -2.07. The van der Waals surface area contributed by atoms with Gasteiger partial charge in [-0.05, 0) is 42.0 Å². The Morgan fingerprint density at radius 1 is 0.821 bits per heavy atom. The molecule has 3 aromatic carbocycles. The van der Waals surface area contributed by atoms with Crippen molar-refractivity contribution in [2.24, 2.45) is 0 Å². The monoisotopic (exact) mass is 397 g/mol. The van der Waals surface area contributed by atoms with E-state index >= 15 is 0 Å². The van der Waals surface area contributed by atoms with E-state index in [0.29, 0.717) is 12.1 Å². The highest BCUT2D eigenvalue weighted by atomic mass is 19.4. The lowest BCUT2D eigenvalue weighted by Gasteiger charge is -2.14. The molecule has 2 nitrogen and oxygen atoms in total. The van der Waals surface area contributed by atoms with Crippen molar-refractivity contribution in [2.75, 3.05) is 0 Å². The molecule has 0 aliphatic heterocycles. The van der Waals surface area contributed by atoms with Crippen molar-refractivity contribution in [2.45, 2.75) is 12.8 Å². The number of ether oxygens (including phenoxy) is 2.